The van der Waals surface area contributed by atoms with Crippen molar-refractivity contribution in [1.29, 1.82) is 0 Å². The van der Waals surface area contributed by atoms with Gasteiger partial charge >= 0.3 is 0 Å². The lowest BCUT2D eigenvalue weighted by molar-refractivity contribution is -0.658. The summed E-state index contributed by atoms with van der Waals surface area (Å²) < 4.78 is 25.1. The summed E-state index contributed by atoms with van der Waals surface area (Å²) >= 11 is 1.60. The number of rotatable bonds is 8. The predicted molar refractivity (Wildman–Crippen MR) is 163 cm³/mol. The third-order valence-corrected chi connectivity index (χ3v) is 8.11. The van der Waals surface area contributed by atoms with E-state index < -0.39 is 15.6 Å². The Labute approximate surface area is 234 Å². The molecule has 39 heavy (non-hydrogen) atoms. The van der Waals surface area contributed by atoms with Crippen LogP contribution in [0.15, 0.2) is 94.7 Å². The second-order valence-electron chi connectivity index (χ2n) is 9.39. The van der Waals surface area contributed by atoms with Gasteiger partial charge in [-0.05, 0) is 54.1 Å². The lowest BCUT2D eigenvalue weighted by Gasteiger charge is -2.16. The molecule has 2 heterocycles. The predicted octanol–water partition coefficient (Wildman–Crippen LogP) is 5.43. The van der Waals surface area contributed by atoms with Crippen molar-refractivity contribution in [2.75, 3.05) is 17.7 Å². The van der Waals surface area contributed by atoms with Gasteiger partial charge in [-0.2, -0.15) is 4.57 Å². The summed E-state index contributed by atoms with van der Waals surface area (Å²) in [6, 6.07) is 24.5. The monoisotopic (exact) mass is 557 g/mol. The number of ether oxygens (including phenoxy) is 1. The smallest absolute Gasteiger partial charge is 0.263 e. The van der Waals surface area contributed by atoms with Crippen LogP contribution in [0.5, 0.6) is 5.75 Å². The Morgan fingerprint density at radius 3 is 2.56 bits per heavy atom. The van der Waals surface area contributed by atoms with Gasteiger partial charge in [-0.15, -0.1) is 0 Å². The number of thiazole rings is 1. The van der Waals surface area contributed by atoms with Crippen LogP contribution in [0.4, 0.5) is 5.69 Å². The SMILES string of the molecule is C=S(C)(=O)/N=C(\[O-])C[n+]1c(/C=C(/C=C2\Oc3ccc(-c4ccccc4)cc3N2CC)CC)sc2ccccc21. The molecule has 8 heteroatoms. The molecule has 6 nitrogen and oxygen atoms in total. The van der Waals surface area contributed by atoms with E-state index in [9.17, 15) is 9.32 Å². The second kappa shape index (κ2) is 11.1. The highest BCUT2D eigenvalue weighted by atomic mass is 32.2. The molecule has 1 aliphatic heterocycles. The molecule has 0 radical (unpaired) electrons. The molecular weight excluding hydrogens is 526 g/mol. The average molecular weight is 558 g/mol. The van der Waals surface area contributed by atoms with Crippen molar-refractivity contribution < 1.29 is 18.6 Å². The van der Waals surface area contributed by atoms with Crippen molar-refractivity contribution in [3.63, 3.8) is 0 Å². The molecule has 0 spiro atoms. The van der Waals surface area contributed by atoms with Crippen molar-refractivity contribution in [2.24, 2.45) is 4.40 Å². The Balaban J connectivity index is 1.52. The standard InChI is InChI=1S/C31H31N3O3S2/c1-5-22(19-31-34(21-29(35)32-39(3,4)36)25-14-10-11-15-28(25)38-31)18-30-33(6-2)26-20-24(16-17-27(26)37-30)23-12-8-7-9-13-23/h7-20H,3,5-6,21H2,1-2,4H3. The number of hydrogen-bond donors (Lipinski definition) is 0. The Kier molecular flexibility index (Phi) is 7.59. The highest BCUT2D eigenvalue weighted by molar-refractivity contribution is 7.98. The van der Waals surface area contributed by atoms with Crippen molar-refractivity contribution in [3.8, 4) is 16.9 Å². The minimum Gasteiger partial charge on any atom is -0.857 e. The first kappa shape index (κ1) is 26.7. The Morgan fingerprint density at radius 1 is 1.10 bits per heavy atom. The number of allylic oxidation sites excluding steroid dienone is 2. The average Bonchev–Trinajstić information content (AvgIpc) is 3.44. The van der Waals surface area contributed by atoms with E-state index in [0.717, 1.165) is 62.2 Å². The molecular formula is C31H31N3O3S2. The van der Waals surface area contributed by atoms with Gasteiger partial charge in [0.2, 0.25) is 11.4 Å². The van der Waals surface area contributed by atoms with E-state index >= 15 is 0 Å². The maximum atomic E-state index is 12.6. The lowest BCUT2D eigenvalue weighted by Crippen LogP contribution is -2.43. The van der Waals surface area contributed by atoms with Gasteiger partial charge < -0.3 is 14.7 Å². The van der Waals surface area contributed by atoms with E-state index in [2.05, 4.69) is 65.4 Å². The summed E-state index contributed by atoms with van der Waals surface area (Å²) in [7, 11) is -2.77. The topological polar surface area (TPSA) is 68.8 Å². The summed E-state index contributed by atoms with van der Waals surface area (Å²) in [5.74, 6) is 4.64. The number of nitrogens with zero attached hydrogens (tertiary/aromatic N) is 3. The minimum atomic E-state index is -2.77. The number of hydrogen-bond acceptors (Lipinski definition) is 5. The zero-order valence-corrected chi connectivity index (χ0v) is 23.9. The summed E-state index contributed by atoms with van der Waals surface area (Å²) in [5.41, 5.74) is 5.33. The van der Waals surface area contributed by atoms with Crippen LogP contribution in [0, 0.1) is 0 Å². The molecule has 1 aliphatic rings. The van der Waals surface area contributed by atoms with Crippen LogP contribution >= 0.6 is 11.3 Å². The van der Waals surface area contributed by atoms with Crippen LogP contribution in [0.2, 0.25) is 0 Å². The first-order valence-electron chi connectivity index (χ1n) is 12.8. The molecule has 0 N–H and O–H groups in total. The summed E-state index contributed by atoms with van der Waals surface area (Å²) in [5, 5.41) is 13.5. The van der Waals surface area contributed by atoms with Gasteiger partial charge in [0.05, 0.1) is 15.4 Å². The molecule has 0 aliphatic carbocycles. The van der Waals surface area contributed by atoms with E-state index in [0.29, 0.717) is 0 Å². The summed E-state index contributed by atoms with van der Waals surface area (Å²) in [6.07, 6.45) is 6.30. The van der Waals surface area contributed by atoms with Gasteiger partial charge in [0, 0.05) is 36.9 Å². The zero-order valence-electron chi connectivity index (χ0n) is 22.3. The normalized spacial score (nSPS) is 16.4. The molecule has 1 atom stereocenters. The van der Waals surface area contributed by atoms with E-state index in [4.69, 9.17) is 4.74 Å². The third-order valence-electron chi connectivity index (χ3n) is 6.40. The van der Waals surface area contributed by atoms with Gasteiger partial charge in [0.15, 0.2) is 12.3 Å². The fourth-order valence-corrected chi connectivity index (χ4v) is 6.24. The molecule has 200 valence electrons. The van der Waals surface area contributed by atoms with E-state index in [1.54, 1.807) is 11.3 Å². The molecule has 0 fully saturated rings. The number of anilines is 1. The van der Waals surface area contributed by atoms with Gasteiger partial charge in [-0.25, -0.2) is 8.61 Å². The van der Waals surface area contributed by atoms with Crippen LogP contribution in [-0.4, -0.2) is 28.8 Å². The van der Waals surface area contributed by atoms with Gasteiger partial charge in [0.25, 0.3) is 5.01 Å². The second-order valence-corrected chi connectivity index (χ2v) is 12.6. The van der Waals surface area contributed by atoms with Crippen molar-refractivity contribution in [2.45, 2.75) is 26.8 Å². The van der Waals surface area contributed by atoms with Gasteiger partial charge in [-0.1, -0.05) is 66.8 Å². The van der Waals surface area contributed by atoms with Crippen LogP contribution < -0.4 is 19.3 Å². The van der Waals surface area contributed by atoms with Crippen LogP contribution in [0.25, 0.3) is 27.4 Å². The summed E-state index contributed by atoms with van der Waals surface area (Å²) in [4.78, 5) is 2.18. The molecule has 3 aromatic carbocycles. The van der Waals surface area contributed by atoms with Gasteiger partial charge in [0.1, 0.15) is 4.70 Å². The van der Waals surface area contributed by atoms with Gasteiger partial charge in [-0.3, -0.25) is 0 Å². The molecule has 5 rings (SSSR count). The number of para-hydroxylation sites is 1. The Hall–Kier alpha value is -3.88. The van der Waals surface area contributed by atoms with E-state index in [1.807, 2.05) is 53.1 Å². The highest BCUT2D eigenvalue weighted by Crippen LogP contribution is 2.42. The molecule has 0 bridgehead atoms. The van der Waals surface area contributed by atoms with Crippen LogP contribution in [0.3, 0.4) is 0 Å². The molecule has 4 aromatic rings. The largest absolute Gasteiger partial charge is 0.857 e. The highest BCUT2D eigenvalue weighted by Gasteiger charge is 2.26. The Morgan fingerprint density at radius 2 is 1.85 bits per heavy atom. The number of benzene rings is 3. The van der Waals surface area contributed by atoms with E-state index in [1.165, 1.54) is 6.26 Å². The fraction of sp³-hybridized carbons (Fsp3) is 0.194. The summed E-state index contributed by atoms with van der Waals surface area (Å²) in [6.45, 7) is 4.96. The van der Waals surface area contributed by atoms with Crippen LogP contribution in [-0.2, 0) is 16.3 Å². The molecule has 0 saturated carbocycles. The van der Waals surface area contributed by atoms with Crippen LogP contribution in [0.1, 0.15) is 25.3 Å². The molecule has 1 unspecified atom stereocenters. The molecule has 0 saturated heterocycles. The number of aromatic nitrogens is 1. The van der Waals surface area contributed by atoms with Crippen molar-refractivity contribution >= 4 is 54.8 Å². The quantitative estimate of drug-likeness (QED) is 0.125. The maximum Gasteiger partial charge on any atom is 0.263 e. The minimum absolute atomic E-state index is 0.00491. The van der Waals surface area contributed by atoms with Crippen molar-refractivity contribution in [3.05, 3.63) is 95.3 Å². The zero-order chi connectivity index (χ0) is 27.6. The third kappa shape index (κ3) is 5.92. The first-order chi connectivity index (χ1) is 18.8. The first-order valence-corrected chi connectivity index (χ1v) is 15.7. The Bertz CT molecular complexity index is 1720. The maximum absolute atomic E-state index is 12.6. The molecule has 1 aromatic heterocycles. The number of fused-ring (bicyclic) bond motifs is 2. The van der Waals surface area contributed by atoms with E-state index in [-0.39, 0.29) is 6.54 Å². The lowest BCUT2D eigenvalue weighted by atomic mass is 10.0. The van der Waals surface area contributed by atoms with Crippen molar-refractivity contribution in [1.82, 2.24) is 0 Å². The molecule has 0 amide bonds. The fourth-order valence-electron chi connectivity index (χ4n) is 4.61.